The van der Waals surface area contributed by atoms with E-state index in [1.165, 1.54) is 5.57 Å². The molecule has 0 saturated heterocycles. The first-order chi connectivity index (χ1) is 4.33. The maximum absolute atomic E-state index is 6.63. The number of nitrogens with zero attached hydrogens (tertiary/aromatic N) is 2. The Morgan fingerprint density at radius 1 is 1.78 bits per heavy atom. The molecule has 0 atom stereocenters. The number of allylic oxidation sites excluding steroid dienone is 2. The topological polar surface area (TPSA) is 7.60 Å². The second-order valence-corrected chi connectivity index (χ2v) is 1.99. The van der Waals surface area contributed by atoms with E-state index in [-0.39, 0.29) is 0 Å². The van der Waals surface area contributed by atoms with Crippen molar-refractivity contribution in [2.45, 2.75) is 6.92 Å². The van der Waals surface area contributed by atoms with Crippen molar-refractivity contribution in [1.82, 2.24) is 5.01 Å². The lowest BCUT2D eigenvalue weighted by Gasteiger charge is -2.05. The third-order valence-corrected chi connectivity index (χ3v) is 1.24. The van der Waals surface area contributed by atoms with Gasteiger partial charge in [-0.05, 0) is 13.0 Å². The first kappa shape index (κ1) is 5.90. The van der Waals surface area contributed by atoms with Gasteiger partial charge >= 0.3 is 0 Å². The molecule has 1 heterocycles. The van der Waals surface area contributed by atoms with Crippen molar-refractivity contribution in [3.8, 4) is 0 Å². The van der Waals surface area contributed by atoms with Gasteiger partial charge in [-0.15, -0.1) is 0 Å². The maximum atomic E-state index is 6.63. The Balaban J connectivity index is 2.61. The molecule has 0 radical (unpaired) electrons. The number of hydrogen-bond donors (Lipinski definition) is 0. The van der Waals surface area contributed by atoms with Gasteiger partial charge in [-0.25, -0.2) is 0 Å². The van der Waals surface area contributed by atoms with Crippen LogP contribution in [0.3, 0.4) is 0 Å². The molecule has 1 aliphatic rings. The predicted molar refractivity (Wildman–Crippen MR) is 36.2 cm³/mol. The van der Waals surface area contributed by atoms with Gasteiger partial charge in [0.15, 0.2) is 0 Å². The second kappa shape index (κ2) is 2.36. The van der Waals surface area contributed by atoms with E-state index in [0.717, 1.165) is 6.54 Å². The van der Waals surface area contributed by atoms with Crippen molar-refractivity contribution < 1.29 is 0 Å². The molecule has 1 rings (SSSR count). The normalized spacial score (nSPS) is 16.9. The molecule has 0 N–H and O–H groups in total. The molecule has 0 saturated carbocycles. The Hall–Kier alpha value is -1.23. The molecule has 2 nitrogen and oxygen atoms in total. The van der Waals surface area contributed by atoms with E-state index in [0.29, 0.717) is 0 Å². The van der Waals surface area contributed by atoms with Gasteiger partial charge in [-0.3, -0.25) is 0 Å². The van der Waals surface area contributed by atoms with Gasteiger partial charge in [0.1, 0.15) is 6.54 Å². The van der Waals surface area contributed by atoms with Crippen LogP contribution in [-0.2, 0) is 0 Å². The third kappa shape index (κ3) is 1.33. The minimum absolute atomic E-state index is 0.728. The highest BCUT2D eigenvalue weighted by Crippen LogP contribution is 2.04. The largest absolute Gasteiger partial charge is 0.184 e. The predicted octanol–water partition coefficient (Wildman–Crippen LogP) is 1.60. The molecule has 1 aliphatic heterocycles. The molecule has 0 aromatic carbocycles. The zero-order chi connectivity index (χ0) is 6.69. The number of hydrogen-bond acceptors (Lipinski definition) is 1. The molecule has 46 valence electrons. The van der Waals surface area contributed by atoms with Crippen LogP contribution in [0, 0.1) is 6.57 Å². The fourth-order valence-corrected chi connectivity index (χ4v) is 0.644. The SMILES string of the molecule is [C-]#[N+]N1C=CC(C)=CC1. The lowest BCUT2D eigenvalue weighted by molar-refractivity contribution is 0.550. The standard InChI is InChI=1S/C7H8N2/c1-7-3-5-9(8-2)6-4-7/h3-5H,6H2,1H3. The third-order valence-electron chi connectivity index (χ3n) is 1.24. The van der Waals surface area contributed by atoms with E-state index >= 15 is 0 Å². The summed E-state index contributed by atoms with van der Waals surface area (Å²) in [7, 11) is 0. The Labute approximate surface area is 54.9 Å². The maximum Gasteiger partial charge on any atom is 0.110 e. The van der Waals surface area contributed by atoms with Crippen LogP contribution in [0.4, 0.5) is 0 Å². The average molecular weight is 120 g/mol. The van der Waals surface area contributed by atoms with Crippen molar-refractivity contribution in [3.63, 3.8) is 0 Å². The van der Waals surface area contributed by atoms with Crippen LogP contribution < -0.4 is 0 Å². The molecule has 0 aliphatic carbocycles. The number of rotatable bonds is 0. The Morgan fingerprint density at radius 2 is 2.56 bits per heavy atom. The Bertz CT molecular complexity index is 195. The lowest BCUT2D eigenvalue weighted by Crippen LogP contribution is -2.09. The quantitative estimate of drug-likeness (QED) is 0.440. The van der Waals surface area contributed by atoms with Gasteiger partial charge in [0, 0.05) is 0 Å². The highest BCUT2D eigenvalue weighted by atomic mass is 15.4. The molecule has 0 amide bonds. The minimum atomic E-state index is 0.728. The first-order valence-electron chi connectivity index (χ1n) is 2.82. The molecule has 0 aromatic heterocycles. The molecular formula is C7H8N2. The second-order valence-electron chi connectivity index (χ2n) is 1.99. The lowest BCUT2D eigenvalue weighted by atomic mass is 10.2. The minimum Gasteiger partial charge on any atom is -0.184 e. The molecule has 2 heteroatoms. The van der Waals surface area contributed by atoms with Crippen molar-refractivity contribution in [2.75, 3.05) is 6.54 Å². The Morgan fingerprint density at radius 3 is 3.00 bits per heavy atom. The average Bonchev–Trinajstić information content (AvgIpc) is 1.90. The highest BCUT2D eigenvalue weighted by Gasteiger charge is 2.01. The van der Waals surface area contributed by atoms with Gasteiger partial charge in [0.25, 0.3) is 0 Å². The van der Waals surface area contributed by atoms with Crippen LogP contribution in [0.5, 0.6) is 0 Å². The van der Waals surface area contributed by atoms with Crippen LogP contribution in [-0.4, -0.2) is 11.6 Å². The summed E-state index contributed by atoms with van der Waals surface area (Å²) in [4.78, 5) is 3.23. The summed E-state index contributed by atoms with van der Waals surface area (Å²) in [6.45, 7) is 9.39. The molecular weight excluding hydrogens is 112 g/mol. The summed E-state index contributed by atoms with van der Waals surface area (Å²) in [6, 6.07) is 0. The molecule has 0 bridgehead atoms. The smallest absolute Gasteiger partial charge is 0.110 e. The van der Waals surface area contributed by atoms with Crippen molar-refractivity contribution in [2.24, 2.45) is 0 Å². The fourth-order valence-electron chi connectivity index (χ4n) is 0.644. The van der Waals surface area contributed by atoms with Crippen molar-refractivity contribution in [1.29, 1.82) is 0 Å². The van der Waals surface area contributed by atoms with Crippen LogP contribution >= 0.6 is 0 Å². The molecule has 0 spiro atoms. The van der Waals surface area contributed by atoms with Gasteiger partial charge in [-0.1, -0.05) is 16.7 Å². The monoisotopic (exact) mass is 120 g/mol. The molecule has 9 heavy (non-hydrogen) atoms. The van der Waals surface area contributed by atoms with E-state index in [9.17, 15) is 0 Å². The zero-order valence-electron chi connectivity index (χ0n) is 5.33. The zero-order valence-corrected chi connectivity index (χ0v) is 5.33. The van der Waals surface area contributed by atoms with Crippen molar-refractivity contribution in [3.05, 3.63) is 35.5 Å². The fraction of sp³-hybridized carbons (Fsp3) is 0.286. The van der Waals surface area contributed by atoms with Crippen LogP contribution in [0.15, 0.2) is 23.9 Å². The summed E-state index contributed by atoms with van der Waals surface area (Å²) in [5.41, 5.74) is 1.23. The van der Waals surface area contributed by atoms with Gasteiger partial charge in [0.05, 0.1) is 6.20 Å². The summed E-state index contributed by atoms with van der Waals surface area (Å²) in [5.74, 6) is 0. The highest BCUT2D eigenvalue weighted by molar-refractivity contribution is 5.20. The molecule has 0 aromatic rings. The summed E-state index contributed by atoms with van der Waals surface area (Å²) >= 11 is 0. The summed E-state index contributed by atoms with van der Waals surface area (Å²) in [6.07, 6.45) is 5.75. The van der Waals surface area contributed by atoms with E-state index < -0.39 is 0 Å². The first-order valence-corrected chi connectivity index (χ1v) is 2.82. The summed E-state index contributed by atoms with van der Waals surface area (Å²) in [5, 5.41) is 1.56. The van der Waals surface area contributed by atoms with E-state index in [4.69, 9.17) is 6.57 Å². The van der Waals surface area contributed by atoms with Crippen molar-refractivity contribution >= 4 is 0 Å². The van der Waals surface area contributed by atoms with E-state index in [1.54, 1.807) is 11.2 Å². The van der Waals surface area contributed by atoms with Crippen LogP contribution in [0.25, 0.3) is 4.95 Å². The molecule has 0 fully saturated rings. The van der Waals surface area contributed by atoms with Crippen LogP contribution in [0.1, 0.15) is 6.92 Å². The van der Waals surface area contributed by atoms with Crippen LogP contribution in [0.2, 0.25) is 0 Å². The Kier molecular flexibility index (Phi) is 1.55. The van der Waals surface area contributed by atoms with Gasteiger partial charge < -0.3 is 0 Å². The summed E-state index contributed by atoms with van der Waals surface area (Å²) < 4.78 is 0. The van der Waals surface area contributed by atoms with Gasteiger partial charge in [-0.2, -0.15) is 11.5 Å². The van der Waals surface area contributed by atoms with E-state index in [2.05, 4.69) is 4.95 Å². The van der Waals surface area contributed by atoms with Gasteiger partial charge in [0.2, 0.25) is 0 Å². The molecule has 0 unspecified atom stereocenters. The van der Waals surface area contributed by atoms with E-state index in [1.807, 2.05) is 19.1 Å².